The Morgan fingerprint density at radius 2 is 1.96 bits per heavy atom. The van der Waals surface area contributed by atoms with Crippen molar-refractivity contribution < 1.29 is 19.1 Å². The average molecular weight is 420 g/mol. The number of rotatable bonds is 5. The van der Waals surface area contributed by atoms with E-state index in [0.717, 1.165) is 21.5 Å². The highest BCUT2D eigenvalue weighted by Crippen LogP contribution is 2.24. The van der Waals surface area contributed by atoms with Crippen LogP contribution in [0.2, 0.25) is 0 Å². The molecule has 0 radical (unpaired) electrons. The summed E-state index contributed by atoms with van der Waals surface area (Å²) in [6, 6.07) is 9.75. The van der Waals surface area contributed by atoms with Gasteiger partial charge in [-0.3, -0.25) is 9.59 Å². The number of esters is 1. The van der Waals surface area contributed by atoms with Gasteiger partial charge in [0.2, 0.25) is 5.78 Å². The molecule has 0 amide bonds. The van der Waals surface area contributed by atoms with Crippen molar-refractivity contribution in [3.63, 3.8) is 0 Å². The number of hydrogen-bond donors (Lipinski definition) is 0. The molecule has 0 saturated carbocycles. The van der Waals surface area contributed by atoms with E-state index in [0.29, 0.717) is 31.6 Å². The summed E-state index contributed by atoms with van der Waals surface area (Å²) in [6.45, 7) is 4.78. The van der Waals surface area contributed by atoms with Crippen molar-refractivity contribution in [2.45, 2.75) is 26.7 Å². The number of ether oxygens (including phenoxy) is 2. The number of nitrogens with zero attached hydrogens (tertiary/aromatic N) is 1. The van der Waals surface area contributed by atoms with Crippen molar-refractivity contribution in [2.75, 3.05) is 19.8 Å². The molecular weight excluding hydrogens is 398 g/mol. The highest BCUT2D eigenvalue weighted by molar-refractivity contribution is 9.10. The first-order valence-corrected chi connectivity index (χ1v) is 9.49. The molecule has 1 aliphatic rings. The molecule has 0 spiro atoms. The third-order valence-electron chi connectivity index (χ3n) is 4.70. The van der Waals surface area contributed by atoms with Crippen LogP contribution in [-0.2, 0) is 14.3 Å². The Bertz CT molecular complexity index is 821. The summed E-state index contributed by atoms with van der Waals surface area (Å²) in [7, 11) is 0. The molecule has 3 rings (SSSR count). The van der Waals surface area contributed by atoms with E-state index in [1.54, 1.807) is 0 Å². The van der Waals surface area contributed by atoms with Crippen LogP contribution < -0.4 is 0 Å². The molecule has 138 valence electrons. The number of aromatic nitrogens is 1. The normalized spacial score (nSPS) is 15.0. The van der Waals surface area contributed by atoms with E-state index in [-0.39, 0.29) is 24.3 Å². The summed E-state index contributed by atoms with van der Waals surface area (Å²) in [4.78, 5) is 24.7. The lowest BCUT2D eigenvalue weighted by atomic mass is 10.0. The van der Waals surface area contributed by atoms with Gasteiger partial charge in [0, 0.05) is 40.3 Å². The highest BCUT2D eigenvalue weighted by Gasteiger charge is 2.24. The van der Waals surface area contributed by atoms with E-state index in [1.165, 1.54) is 0 Å². The van der Waals surface area contributed by atoms with Crippen LogP contribution in [0.15, 0.2) is 34.8 Å². The Hall–Kier alpha value is -1.92. The zero-order valence-electron chi connectivity index (χ0n) is 15.0. The number of ketones is 1. The monoisotopic (exact) mass is 419 g/mol. The van der Waals surface area contributed by atoms with Gasteiger partial charge in [0.15, 0.2) is 6.61 Å². The molecule has 0 aliphatic carbocycles. The van der Waals surface area contributed by atoms with E-state index < -0.39 is 0 Å². The van der Waals surface area contributed by atoms with Gasteiger partial charge in [0.1, 0.15) is 0 Å². The Labute approximate surface area is 161 Å². The first kappa shape index (κ1) is 18.9. The standard InChI is InChI=1S/C20H22BrNO4/c1-13-10-18(14(2)22(13)17-5-3-4-16(21)11-17)19(23)12-26-20(24)15-6-8-25-9-7-15/h3-5,10-11,15H,6-9,12H2,1-2H3. The second-order valence-corrected chi connectivity index (χ2v) is 7.43. The zero-order valence-corrected chi connectivity index (χ0v) is 16.5. The van der Waals surface area contributed by atoms with E-state index in [4.69, 9.17) is 9.47 Å². The Morgan fingerprint density at radius 1 is 1.23 bits per heavy atom. The summed E-state index contributed by atoms with van der Waals surface area (Å²) in [5.74, 6) is -0.646. The van der Waals surface area contributed by atoms with Gasteiger partial charge < -0.3 is 14.0 Å². The summed E-state index contributed by atoms with van der Waals surface area (Å²) >= 11 is 3.48. The summed E-state index contributed by atoms with van der Waals surface area (Å²) < 4.78 is 13.5. The number of hydrogen-bond acceptors (Lipinski definition) is 4. The van der Waals surface area contributed by atoms with Crippen LogP contribution in [-0.4, -0.2) is 36.1 Å². The fourth-order valence-corrected chi connectivity index (χ4v) is 3.71. The lowest BCUT2D eigenvalue weighted by Crippen LogP contribution is -2.27. The summed E-state index contributed by atoms with van der Waals surface area (Å²) in [6.07, 6.45) is 1.31. The fourth-order valence-electron chi connectivity index (χ4n) is 3.32. The first-order valence-electron chi connectivity index (χ1n) is 8.70. The maximum Gasteiger partial charge on any atom is 0.309 e. The van der Waals surface area contributed by atoms with Crippen molar-refractivity contribution in [1.82, 2.24) is 4.57 Å². The number of halogens is 1. The van der Waals surface area contributed by atoms with Crippen LogP contribution in [0.25, 0.3) is 5.69 Å². The minimum atomic E-state index is -0.303. The van der Waals surface area contributed by atoms with Crippen LogP contribution in [0, 0.1) is 19.8 Å². The SMILES string of the molecule is Cc1cc(C(=O)COC(=O)C2CCOCC2)c(C)n1-c1cccc(Br)c1. The molecule has 0 atom stereocenters. The molecule has 1 aliphatic heterocycles. The van der Waals surface area contributed by atoms with Gasteiger partial charge in [-0.2, -0.15) is 0 Å². The molecule has 1 aromatic heterocycles. The highest BCUT2D eigenvalue weighted by atomic mass is 79.9. The minimum Gasteiger partial charge on any atom is -0.457 e. The van der Waals surface area contributed by atoms with Crippen molar-refractivity contribution in [3.05, 3.63) is 51.8 Å². The van der Waals surface area contributed by atoms with Gasteiger partial charge in [-0.05, 0) is 51.0 Å². The van der Waals surface area contributed by atoms with Crippen molar-refractivity contribution in [3.8, 4) is 5.69 Å². The van der Waals surface area contributed by atoms with Gasteiger partial charge >= 0.3 is 5.97 Å². The fraction of sp³-hybridized carbons (Fsp3) is 0.400. The number of carbonyl (C=O) groups excluding carboxylic acids is 2. The second-order valence-electron chi connectivity index (χ2n) is 6.52. The molecule has 1 aromatic carbocycles. The van der Waals surface area contributed by atoms with E-state index >= 15 is 0 Å². The number of benzene rings is 1. The van der Waals surface area contributed by atoms with Gasteiger partial charge in [-0.1, -0.05) is 22.0 Å². The Balaban J connectivity index is 1.72. The maximum atomic E-state index is 12.6. The molecular formula is C20H22BrNO4. The molecule has 0 bridgehead atoms. The minimum absolute atomic E-state index is 0.161. The molecule has 1 saturated heterocycles. The van der Waals surface area contributed by atoms with Crippen LogP contribution in [0.5, 0.6) is 0 Å². The van der Waals surface area contributed by atoms with E-state index in [9.17, 15) is 9.59 Å². The molecule has 2 aromatic rings. The number of aryl methyl sites for hydroxylation is 1. The Morgan fingerprint density at radius 3 is 2.65 bits per heavy atom. The van der Waals surface area contributed by atoms with Crippen molar-refractivity contribution >= 4 is 27.7 Å². The molecule has 2 heterocycles. The lowest BCUT2D eigenvalue weighted by molar-refractivity contribution is -0.150. The largest absolute Gasteiger partial charge is 0.457 e. The third kappa shape index (κ3) is 4.07. The van der Waals surface area contributed by atoms with Crippen molar-refractivity contribution in [1.29, 1.82) is 0 Å². The Kier molecular flexibility index (Phi) is 5.94. The van der Waals surface area contributed by atoms with Crippen LogP contribution in [0.4, 0.5) is 0 Å². The smallest absolute Gasteiger partial charge is 0.309 e. The van der Waals surface area contributed by atoms with Crippen LogP contribution >= 0.6 is 15.9 Å². The van der Waals surface area contributed by atoms with Gasteiger partial charge in [0.25, 0.3) is 0 Å². The van der Waals surface area contributed by atoms with Crippen LogP contribution in [0.1, 0.15) is 34.6 Å². The molecule has 26 heavy (non-hydrogen) atoms. The topological polar surface area (TPSA) is 57.5 Å². The lowest BCUT2D eigenvalue weighted by Gasteiger charge is -2.20. The van der Waals surface area contributed by atoms with Gasteiger partial charge in [0.05, 0.1) is 5.92 Å². The van der Waals surface area contributed by atoms with E-state index in [2.05, 4.69) is 15.9 Å². The quantitative estimate of drug-likeness (QED) is 0.542. The first-order chi connectivity index (χ1) is 12.5. The maximum absolute atomic E-state index is 12.6. The average Bonchev–Trinajstić information content (AvgIpc) is 2.94. The molecule has 5 nitrogen and oxygen atoms in total. The zero-order chi connectivity index (χ0) is 18.7. The molecule has 0 unspecified atom stereocenters. The second kappa shape index (κ2) is 8.18. The van der Waals surface area contributed by atoms with Gasteiger partial charge in [-0.25, -0.2) is 0 Å². The third-order valence-corrected chi connectivity index (χ3v) is 5.19. The van der Waals surface area contributed by atoms with Crippen LogP contribution in [0.3, 0.4) is 0 Å². The summed E-state index contributed by atoms with van der Waals surface area (Å²) in [5, 5.41) is 0. The van der Waals surface area contributed by atoms with Gasteiger partial charge in [-0.15, -0.1) is 0 Å². The van der Waals surface area contributed by atoms with E-state index in [1.807, 2.05) is 48.7 Å². The van der Waals surface area contributed by atoms with Crippen molar-refractivity contribution in [2.24, 2.45) is 5.92 Å². The number of Topliss-reactive ketones (excluding diaryl/α,β-unsaturated/α-hetero) is 1. The predicted molar refractivity (Wildman–Crippen MR) is 102 cm³/mol. The molecule has 0 N–H and O–H groups in total. The molecule has 6 heteroatoms. The number of carbonyl (C=O) groups is 2. The molecule has 1 fully saturated rings. The summed E-state index contributed by atoms with van der Waals surface area (Å²) in [5.41, 5.74) is 3.36. The predicted octanol–water partition coefficient (Wildman–Crippen LogP) is 4.01.